The summed E-state index contributed by atoms with van der Waals surface area (Å²) in [5, 5.41) is 2.67. The Morgan fingerprint density at radius 2 is 1.74 bits per heavy atom. The van der Waals surface area contributed by atoms with E-state index in [0.29, 0.717) is 6.42 Å². The van der Waals surface area contributed by atoms with Crippen LogP contribution in [-0.2, 0) is 10.9 Å². The molecule has 0 fully saturated rings. The number of halogens is 3. The highest BCUT2D eigenvalue weighted by molar-refractivity contribution is 5.79. The minimum absolute atomic E-state index is 0.0288. The van der Waals surface area contributed by atoms with Crippen molar-refractivity contribution in [1.82, 2.24) is 10.3 Å². The van der Waals surface area contributed by atoms with Gasteiger partial charge in [0.15, 0.2) is 0 Å². The standard InChI is InChI=1S/C26H23F3N2O3/c1-33-24-17(14-18(15-31-24)26(27,28)29)8-6-7-13-30-25(32)34-16-23-21-11-4-2-9-19(21)20-10-3-5-12-22(20)23/h2-6,8-12,14-15,23H,7,13,16H2,1H3,(H,30,32). The van der Waals surface area contributed by atoms with Gasteiger partial charge in [0.25, 0.3) is 0 Å². The summed E-state index contributed by atoms with van der Waals surface area (Å²) in [4.78, 5) is 15.9. The van der Waals surface area contributed by atoms with Gasteiger partial charge in [0, 0.05) is 24.2 Å². The number of nitrogens with one attached hydrogen (secondary N) is 1. The van der Waals surface area contributed by atoms with E-state index in [1.807, 2.05) is 36.4 Å². The summed E-state index contributed by atoms with van der Waals surface area (Å²) in [6, 6.07) is 17.1. The number of pyridine rings is 1. The number of alkyl halides is 3. The smallest absolute Gasteiger partial charge is 0.417 e. The number of rotatable bonds is 7. The predicted octanol–water partition coefficient (Wildman–Crippen LogP) is 6.05. The number of nitrogens with zero attached hydrogens (tertiary/aromatic N) is 1. The Morgan fingerprint density at radius 1 is 1.09 bits per heavy atom. The van der Waals surface area contributed by atoms with Crippen molar-refractivity contribution >= 4 is 12.2 Å². The van der Waals surface area contributed by atoms with Crippen LogP contribution in [-0.4, -0.2) is 31.3 Å². The number of ether oxygens (including phenoxy) is 2. The van der Waals surface area contributed by atoms with Crippen molar-refractivity contribution in [3.05, 3.63) is 89.1 Å². The highest BCUT2D eigenvalue weighted by Gasteiger charge is 2.31. The summed E-state index contributed by atoms with van der Waals surface area (Å²) in [7, 11) is 1.34. The molecule has 1 aliphatic rings. The van der Waals surface area contributed by atoms with Crippen LogP contribution in [0, 0.1) is 0 Å². The first-order valence-corrected chi connectivity index (χ1v) is 10.7. The van der Waals surface area contributed by atoms with Gasteiger partial charge in [0.05, 0.1) is 12.7 Å². The zero-order chi connectivity index (χ0) is 24.1. The fraction of sp³-hybridized carbons (Fsp3) is 0.231. The van der Waals surface area contributed by atoms with Crippen LogP contribution < -0.4 is 10.1 Å². The molecule has 176 valence electrons. The molecule has 3 aromatic rings. The van der Waals surface area contributed by atoms with E-state index < -0.39 is 17.8 Å². The fourth-order valence-corrected chi connectivity index (χ4v) is 4.03. The lowest BCUT2D eigenvalue weighted by molar-refractivity contribution is -0.137. The molecule has 8 heteroatoms. The molecule has 0 aliphatic heterocycles. The summed E-state index contributed by atoms with van der Waals surface area (Å²) >= 11 is 0. The third-order valence-electron chi connectivity index (χ3n) is 5.62. The van der Waals surface area contributed by atoms with E-state index >= 15 is 0 Å². The number of amides is 1. The lowest BCUT2D eigenvalue weighted by Gasteiger charge is -2.14. The van der Waals surface area contributed by atoms with Crippen molar-refractivity contribution in [2.24, 2.45) is 0 Å². The van der Waals surface area contributed by atoms with Gasteiger partial charge in [-0.05, 0) is 34.7 Å². The third kappa shape index (κ3) is 5.06. The first-order chi connectivity index (χ1) is 16.4. The summed E-state index contributed by atoms with van der Waals surface area (Å²) in [5.41, 5.74) is 3.91. The highest BCUT2D eigenvalue weighted by Crippen LogP contribution is 2.44. The Bertz CT molecular complexity index is 1160. The van der Waals surface area contributed by atoms with Crippen LogP contribution in [0.25, 0.3) is 17.2 Å². The largest absolute Gasteiger partial charge is 0.481 e. The molecule has 2 aromatic carbocycles. The number of alkyl carbamates (subject to hydrolysis) is 1. The average molecular weight is 468 g/mol. The maximum atomic E-state index is 12.9. The van der Waals surface area contributed by atoms with Gasteiger partial charge in [-0.2, -0.15) is 13.2 Å². The minimum atomic E-state index is -4.49. The van der Waals surface area contributed by atoms with E-state index in [2.05, 4.69) is 22.4 Å². The normalized spacial score (nSPS) is 12.9. The van der Waals surface area contributed by atoms with Gasteiger partial charge in [-0.1, -0.05) is 60.7 Å². The lowest BCUT2D eigenvalue weighted by Crippen LogP contribution is -2.26. The molecule has 34 heavy (non-hydrogen) atoms. The summed E-state index contributed by atoms with van der Waals surface area (Å²) in [6.45, 7) is 0.477. The summed E-state index contributed by atoms with van der Waals surface area (Å²) < 4.78 is 49.2. The van der Waals surface area contributed by atoms with Crippen molar-refractivity contribution in [2.75, 3.05) is 20.3 Å². The number of benzene rings is 2. The molecule has 4 rings (SSSR count). The Hall–Kier alpha value is -3.81. The van der Waals surface area contributed by atoms with Gasteiger partial charge >= 0.3 is 12.3 Å². The van der Waals surface area contributed by atoms with E-state index in [0.717, 1.165) is 34.5 Å². The van der Waals surface area contributed by atoms with Crippen molar-refractivity contribution in [1.29, 1.82) is 0 Å². The number of methoxy groups -OCH3 is 1. The number of aromatic nitrogens is 1. The average Bonchev–Trinajstić information content (AvgIpc) is 3.15. The quantitative estimate of drug-likeness (QED) is 0.429. The maximum Gasteiger partial charge on any atom is 0.417 e. The van der Waals surface area contributed by atoms with Gasteiger partial charge in [0.1, 0.15) is 6.61 Å². The predicted molar refractivity (Wildman–Crippen MR) is 123 cm³/mol. The topological polar surface area (TPSA) is 60.5 Å². The van der Waals surface area contributed by atoms with Gasteiger partial charge < -0.3 is 14.8 Å². The summed E-state index contributed by atoms with van der Waals surface area (Å²) in [6.07, 6.45) is -0.788. The van der Waals surface area contributed by atoms with Crippen LogP contribution in [0.4, 0.5) is 18.0 Å². The SMILES string of the molecule is COc1ncc(C(F)(F)F)cc1C=CCCNC(=O)OCC1c2ccccc2-c2ccccc21. The number of hydrogen-bond donors (Lipinski definition) is 1. The van der Waals surface area contributed by atoms with Gasteiger partial charge in [-0.15, -0.1) is 0 Å². The zero-order valence-electron chi connectivity index (χ0n) is 18.4. The molecular weight excluding hydrogens is 445 g/mol. The second-order valence-electron chi connectivity index (χ2n) is 7.76. The van der Waals surface area contributed by atoms with Gasteiger partial charge in [0.2, 0.25) is 5.88 Å². The Morgan fingerprint density at radius 3 is 2.35 bits per heavy atom. The molecule has 0 atom stereocenters. The molecule has 1 N–H and O–H groups in total. The van der Waals surface area contributed by atoms with E-state index in [4.69, 9.17) is 9.47 Å². The molecule has 5 nitrogen and oxygen atoms in total. The number of carbonyl (C=O) groups is 1. The number of fused-ring (bicyclic) bond motifs is 3. The number of hydrogen-bond acceptors (Lipinski definition) is 4. The maximum absolute atomic E-state index is 12.9. The fourth-order valence-electron chi connectivity index (χ4n) is 4.03. The third-order valence-corrected chi connectivity index (χ3v) is 5.62. The van der Waals surface area contributed by atoms with Gasteiger partial charge in [-0.3, -0.25) is 0 Å². The van der Waals surface area contributed by atoms with Crippen molar-refractivity contribution < 1.29 is 27.4 Å². The van der Waals surface area contributed by atoms with Crippen LogP contribution in [0.1, 0.15) is 34.6 Å². The molecule has 1 aromatic heterocycles. The monoisotopic (exact) mass is 468 g/mol. The molecule has 0 unspecified atom stereocenters. The molecule has 0 saturated heterocycles. The van der Waals surface area contributed by atoms with Crippen LogP contribution >= 0.6 is 0 Å². The second-order valence-corrected chi connectivity index (χ2v) is 7.76. The Kier molecular flexibility index (Phi) is 6.86. The molecule has 0 spiro atoms. The van der Waals surface area contributed by atoms with Crippen LogP contribution in [0.3, 0.4) is 0 Å². The molecule has 1 amide bonds. The Labute approximate surface area is 195 Å². The van der Waals surface area contributed by atoms with Crippen LogP contribution in [0.15, 0.2) is 66.9 Å². The Balaban J connectivity index is 1.29. The van der Waals surface area contributed by atoms with E-state index in [1.54, 1.807) is 6.08 Å². The molecule has 0 radical (unpaired) electrons. The first-order valence-electron chi connectivity index (χ1n) is 10.7. The van der Waals surface area contributed by atoms with E-state index in [1.165, 1.54) is 13.2 Å². The highest BCUT2D eigenvalue weighted by atomic mass is 19.4. The molecule has 0 saturated carbocycles. The minimum Gasteiger partial charge on any atom is -0.481 e. The first kappa shape index (κ1) is 23.4. The van der Waals surface area contributed by atoms with Crippen molar-refractivity contribution in [2.45, 2.75) is 18.5 Å². The van der Waals surface area contributed by atoms with Crippen LogP contribution in [0.2, 0.25) is 0 Å². The van der Waals surface area contributed by atoms with Crippen molar-refractivity contribution in [3.63, 3.8) is 0 Å². The molecule has 1 heterocycles. The second kappa shape index (κ2) is 9.99. The lowest BCUT2D eigenvalue weighted by atomic mass is 9.98. The summed E-state index contributed by atoms with van der Waals surface area (Å²) in [5.74, 6) is 0.0627. The molecule has 1 aliphatic carbocycles. The molecular formula is C26H23F3N2O3. The number of carbonyl (C=O) groups excluding carboxylic acids is 1. The van der Waals surface area contributed by atoms with E-state index in [9.17, 15) is 18.0 Å². The van der Waals surface area contributed by atoms with Crippen LogP contribution in [0.5, 0.6) is 5.88 Å². The zero-order valence-corrected chi connectivity index (χ0v) is 18.4. The molecule has 0 bridgehead atoms. The van der Waals surface area contributed by atoms with E-state index in [-0.39, 0.29) is 30.5 Å². The van der Waals surface area contributed by atoms with Gasteiger partial charge in [-0.25, -0.2) is 9.78 Å². The van der Waals surface area contributed by atoms with Crippen molar-refractivity contribution in [3.8, 4) is 17.0 Å².